The molecular formula is C26H58NO3Si+. The Hall–Kier alpha value is 0.0569. The smallest absolute Gasteiger partial charge is 0.135 e. The summed E-state index contributed by atoms with van der Waals surface area (Å²) >= 11 is 0. The van der Waals surface area contributed by atoms with Crippen LogP contribution in [0.5, 0.6) is 0 Å². The van der Waals surface area contributed by atoms with Crippen LogP contribution in [-0.2, 0) is 14.5 Å². The van der Waals surface area contributed by atoms with Crippen LogP contribution in [-0.4, -0.2) is 42.6 Å². The quantitative estimate of drug-likeness (QED) is 0.0685. The third-order valence-corrected chi connectivity index (χ3v) is 7.77. The van der Waals surface area contributed by atoms with E-state index in [0.717, 1.165) is 6.42 Å². The van der Waals surface area contributed by atoms with Crippen molar-refractivity contribution in [1.82, 2.24) is 0 Å². The molecule has 0 aromatic rings. The van der Waals surface area contributed by atoms with E-state index in [1.807, 2.05) is 0 Å². The first-order valence-electron chi connectivity index (χ1n) is 13.4. The van der Waals surface area contributed by atoms with E-state index in [0.29, 0.717) is 5.04 Å². The lowest BCUT2D eigenvalue weighted by atomic mass is 9.94. The van der Waals surface area contributed by atoms with Gasteiger partial charge in [0.15, 0.2) is 6.04 Å². The van der Waals surface area contributed by atoms with Crippen molar-refractivity contribution in [1.29, 1.82) is 0 Å². The van der Waals surface area contributed by atoms with E-state index in [1.165, 1.54) is 119 Å². The van der Waals surface area contributed by atoms with Crippen LogP contribution in [0.4, 0.5) is 0 Å². The Morgan fingerprint density at radius 3 is 1.29 bits per heavy atom. The van der Waals surface area contributed by atoms with Crippen LogP contribution in [0.3, 0.4) is 0 Å². The van der Waals surface area contributed by atoms with E-state index in [2.05, 4.69) is 20.8 Å². The molecule has 0 bridgehead atoms. The molecule has 5 heteroatoms. The highest BCUT2D eigenvalue weighted by atomic mass is 28.1. The van der Waals surface area contributed by atoms with E-state index in [9.17, 15) is 0 Å². The molecule has 0 aromatic heterocycles. The summed E-state index contributed by atoms with van der Waals surface area (Å²) in [5, 5.41) is 0.397. The maximum absolute atomic E-state index is 5.49. The van der Waals surface area contributed by atoms with Gasteiger partial charge in [0.1, 0.15) is 21.3 Å². The molecule has 0 aliphatic carbocycles. The van der Waals surface area contributed by atoms with Crippen molar-refractivity contribution in [2.24, 2.45) is 0 Å². The molecule has 0 spiro atoms. The van der Waals surface area contributed by atoms with Gasteiger partial charge < -0.3 is 0 Å². The van der Waals surface area contributed by atoms with Crippen molar-refractivity contribution in [2.45, 2.75) is 147 Å². The van der Waals surface area contributed by atoms with Gasteiger partial charge in [-0.15, -0.1) is 14.5 Å². The number of unbranched alkanes of at least 4 members (excludes halogenated alkanes) is 15. The summed E-state index contributed by atoms with van der Waals surface area (Å²) < 4.78 is 0. The summed E-state index contributed by atoms with van der Waals surface area (Å²) in [5.41, 5.74) is 0. The average molecular weight is 461 g/mol. The van der Waals surface area contributed by atoms with Crippen LogP contribution in [0.1, 0.15) is 136 Å². The number of hydroxylamine groups is 3. The zero-order valence-corrected chi connectivity index (χ0v) is 24.5. The molecule has 31 heavy (non-hydrogen) atoms. The number of hydrogen-bond acceptors (Lipinski definition) is 3. The van der Waals surface area contributed by atoms with Crippen molar-refractivity contribution in [3.05, 3.63) is 0 Å². The van der Waals surface area contributed by atoms with Crippen molar-refractivity contribution in [3.63, 3.8) is 0 Å². The predicted octanol–water partition coefficient (Wildman–Crippen LogP) is 7.46. The lowest BCUT2D eigenvalue weighted by molar-refractivity contribution is -1.37. The van der Waals surface area contributed by atoms with Crippen LogP contribution >= 0.6 is 0 Å². The van der Waals surface area contributed by atoms with Gasteiger partial charge in [-0.1, -0.05) is 123 Å². The van der Waals surface area contributed by atoms with E-state index >= 15 is 0 Å². The first-order valence-corrected chi connectivity index (χ1v) is 14.4. The standard InChI is InChI=1S/C26H58NO3Si/c1-7-8-9-10-11-12-13-14-15-16-17-18-19-20-21-22-23-26(3,31)24-25(2)27(28-4,29-5)30-6/h25H,7-24H2,1-6,31H3/q+1. The van der Waals surface area contributed by atoms with Crippen LogP contribution < -0.4 is 0 Å². The molecule has 2 atom stereocenters. The molecule has 2 unspecified atom stereocenters. The second-order valence-corrected chi connectivity index (χ2v) is 12.8. The third kappa shape index (κ3) is 15.5. The lowest BCUT2D eigenvalue weighted by Crippen LogP contribution is -2.52. The van der Waals surface area contributed by atoms with Crippen molar-refractivity contribution < 1.29 is 19.5 Å². The highest BCUT2D eigenvalue weighted by Gasteiger charge is 2.41. The Kier molecular flexibility index (Phi) is 19.6. The van der Waals surface area contributed by atoms with Crippen LogP contribution in [0, 0.1) is 0 Å². The fourth-order valence-corrected chi connectivity index (χ4v) is 5.87. The highest BCUT2D eigenvalue weighted by Crippen LogP contribution is 2.37. The van der Waals surface area contributed by atoms with Gasteiger partial charge in [0.2, 0.25) is 0 Å². The van der Waals surface area contributed by atoms with Gasteiger partial charge in [0, 0.05) is 16.7 Å². The summed E-state index contributed by atoms with van der Waals surface area (Å²) in [6.45, 7) is 6.86. The largest absolute Gasteiger partial charge is 0.185 e. The monoisotopic (exact) mass is 460 g/mol. The van der Waals surface area contributed by atoms with E-state index in [4.69, 9.17) is 14.5 Å². The SMILES string of the molecule is CCCCCCCCCCCCCCCCCCC(C)([SiH3])CC(C)[N+](OC)(OC)OC. The summed E-state index contributed by atoms with van der Waals surface area (Å²) in [5.74, 6) is 0. The first-order chi connectivity index (χ1) is 14.9. The van der Waals surface area contributed by atoms with Crippen LogP contribution in [0.25, 0.3) is 0 Å². The van der Waals surface area contributed by atoms with Gasteiger partial charge in [-0.3, -0.25) is 0 Å². The number of nitrogens with zero attached hydrogens (tertiary/aromatic N) is 1. The maximum atomic E-state index is 5.49. The fraction of sp³-hybridized carbons (Fsp3) is 1.00. The summed E-state index contributed by atoms with van der Waals surface area (Å²) in [7, 11) is 6.11. The average Bonchev–Trinajstić information content (AvgIpc) is 2.74. The lowest BCUT2D eigenvalue weighted by Gasteiger charge is -2.35. The van der Waals surface area contributed by atoms with Gasteiger partial charge in [-0.05, 0) is 12.0 Å². The van der Waals surface area contributed by atoms with Gasteiger partial charge >= 0.3 is 0 Å². The topological polar surface area (TPSA) is 27.7 Å². The minimum atomic E-state index is -0.184. The van der Waals surface area contributed by atoms with Crippen LogP contribution in [0.15, 0.2) is 0 Å². The van der Waals surface area contributed by atoms with Crippen molar-refractivity contribution >= 4 is 10.2 Å². The van der Waals surface area contributed by atoms with Gasteiger partial charge in [-0.2, -0.15) is 0 Å². The molecule has 188 valence electrons. The minimum Gasteiger partial charge on any atom is -0.135 e. The van der Waals surface area contributed by atoms with Crippen molar-refractivity contribution in [3.8, 4) is 0 Å². The first kappa shape index (κ1) is 31.1. The Balaban J connectivity index is 3.61. The molecule has 0 rings (SSSR count). The zero-order chi connectivity index (χ0) is 23.4. The molecule has 0 aromatic carbocycles. The Morgan fingerprint density at radius 1 is 0.645 bits per heavy atom. The highest BCUT2D eigenvalue weighted by molar-refractivity contribution is 6.14. The second-order valence-electron chi connectivity index (χ2n) is 10.4. The summed E-state index contributed by atoms with van der Waals surface area (Å²) in [6.07, 6.45) is 25.2. The second kappa shape index (κ2) is 19.5. The third-order valence-electron chi connectivity index (χ3n) is 6.86. The molecule has 0 aliphatic heterocycles. The van der Waals surface area contributed by atoms with Crippen LogP contribution in [0.2, 0.25) is 5.04 Å². The predicted molar refractivity (Wildman–Crippen MR) is 138 cm³/mol. The normalized spacial score (nSPS) is 15.3. The maximum Gasteiger partial charge on any atom is 0.185 e. The Bertz CT molecular complexity index is 381. The van der Waals surface area contributed by atoms with E-state index in [-0.39, 0.29) is 11.0 Å². The molecule has 0 aliphatic rings. The van der Waals surface area contributed by atoms with E-state index < -0.39 is 0 Å². The molecule has 0 radical (unpaired) electrons. The fourth-order valence-electron chi connectivity index (χ4n) is 4.93. The molecule has 4 nitrogen and oxygen atoms in total. The Morgan fingerprint density at radius 2 is 0.968 bits per heavy atom. The number of hydrogen-bond donors (Lipinski definition) is 0. The number of rotatable bonds is 23. The molecule has 0 saturated carbocycles. The summed E-state index contributed by atoms with van der Waals surface area (Å²) in [4.78, 5) is 16.3. The van der Waals surface area contributed by atoms with Gasteiger partial charge in [-0.25, -0.2) is 0 Å². The van der Waals surface area contributed by atoms with Gasteiger partial charge in [0.25, 0.3) is 0 Å². The van der Waals surface area contributed by atoms with E-state index in [1.54, 1.807) is 21.3 Å². The summed E-state index contributed by atoms with van der Waals surface area (Å²) in [6, 6.07) is 0.156. The molecule has 0 fully saturated rings. The number of quaternary nitrogens is 1. The molecule has 0 amide bonds. The Labute approximate surface area is 198 Å². The van der Waals surface area contributed by atoms with Crippen molar-refractivity contribution in [2.75, 3.05) is 21.3 Å². The van der Waals surface area contributed by atoms with Gasteiger partial charge in [0.05, 0.1) is 4.97 Å². The molecule has 0 heterocycles. The molecule has 0 N–H and O–H groups in total. The molecule has 0 saturated heterocycles. The minimum absolute atomic E-state index is 0.156. The molecular weight excluding hydrogens is 402 g/mol. The zero-order valence-electron chi connectivity index (χ0n) is 22.5.